The molecular formula is C18H21BrN2O2S. The number of carbonyl (C=O) groups excluding carboxylic acids is 1. The molecule has 0 saturated heterocycles. The highest BCUT2D eigenvalue weighted by atomic mass is 79.9. The van der Waals surface area contributed by atoms with Crippen molar-refractivity contribution < 1.29 is 9.53 Å². The van der Waals surface area contributed by atoms with Crippen LogP contribution in [-0.2, 0) is 10.2 Å². The number of hydrogen-bond acceptors (Lipinski definition) is 4. The molecule has 1 amide bonds. The number of hydrogen-bond donors (Lipinski definition) is 1. The van der Waals surface area contributed by atoms with Crippen LogP contribution in [0.15, 0.2) is 39.2 Å². The van der Waals surface area contributed by atoms with Gasteiger partial charge in [-0.3, -0.25) is 4.79 Å². The van der Waals surface area contributed by atoms with Gasteiger partial charge >= 0.3 is 0 Å². The van der Waals surface area contributed by atoms with E-state index in [0.717, 1.165) is 20.5 Å². The molecule has 1 heterocycles. The minimum Gasteiger partial charge on any atom is -0.483 e. The zero-order valence-corrected chi connectivity index (χ0v) is 16.6. The third kappa shape index (κ3) is 5.18. The number of hydrazone groups is 1. The minimum absolute atomic E-state index is 0.0779. The Hall–Kier alpha value is -1.66. The predicted molar refractivity (Wildman–Crippen MR) is 103 cm³/mol. The maximum absolute atomic E-state index is 11.9. The van der Waals surface area contributed by atoms with Crippen molar-refractivity contribution in [3.63, 3.8) is 0 Å². The number of aryl methyl sites for hydroxylation is 1. The van der Waals surface area contributed by atoms with E-state index < -0.39 is 0 Å². The molecule has 0 bridgehead atoms. The molecule has 0 unspecified atom stereocenters. The van der Waals surface area contributed by atoms with Crippen molar-refractivity contribution in [1.29, 1.82) is 0 Å². The van der Waals surface area contributed by atoms with Crippen molar-refractivity contribution in [3.05, 3.63) is 50.1 Å². The number of amides is 1. The second kappa shape index (κ2) is 7.94. The van der Waals surface area contributed by atoms with Crippen molar-refractivity contribution in [2.45, 2.75) is 33.1 Å². The van der Waals surface area contributed by atoms with Crippen LogP contribution in [0.2, 0.25) is 0 Å². The summed E-state index contributed by atoms with van der Waals surface area (Å²) in [6, 6.07) is 7.81. The highest BCUT2D eigenvalue weighted by molar-refractivity contribution is 9.10. The van der Waals surface area contributed by atoms with Crippen LogP contribution in [0.5, 0.6) is 5.75 Å². The first-order valence-corrected chi connectivity index (χ1v) is 9.23. The molecule has 0 aliphatic carbocycles. The molecule has 2 aromatic rings. The quantitative estimate of drug-likeness (QED) is 0.578. The Labute approximate surface area is 155 Å². The summed E-state index contributed by atoms with van der Waals surface area (Å²) in [5, 5.41) is 5.96. The van der Waals surface area contributed by atoms with Crippen molar-refractivity contribution in [1.82, 2.24) is 5.43 Å². The molecule has 0 aliphatic rings. The van der Waals surface area contributed by atoms with E-state index in [1.807, 2.05) is 36.6 Å². The van der Waals surface area contributed by atoms with E-state index in [1.165, 1.54) is 0 Å². The van der Waals surface area contributed by atoms with Crippen LogP contribution in [0, 0.1) is 6.92 Å². The molecule has 1 aromatic heterocycles. The molecule has 0 aliphatic heterocycles. The number of benzene rings is 1. The molecular weight excluding hydrogens is 388 g/mol. The predicted octanol–water partition coefficient (Wildman–Crippen LogP) is 4.65. The van der Waals surface area contributed by atoms with Crippen molar-refractivity contribution >= 4 is 39.4 Å². The van der Waals surface area contributed by atoms with Crippen LogP contribution >= 0.6 is 27.3 Å². The topological polar surface area (TPSA) is 50.7 Å². The summed E-state index contributed by atoms with van der Waals surface area (Å²) in [5.41, 5.74) is 4.59. The van der Waals surface area contributed by atoms with Gasteiger partial charge in [0.25, 0.3) is 5.91 Å². The SMILES string of the molecule is Cc1ccsc1/C=N/NC(=O)COc1ccc(Br)cc1C(C)(C)C. The number of carbonyl (C=O) groups is 1. The summed E-state index contributed by atoms with van der Waals surface area (Å²) in [5.74, 6) is 0.419. The fourth-order valence-electron chi connectivity index (χ4n) is 2.07. The number of nitrogens with zero attached hydrogens (tertiary/aromatic N) is 1. The molecule has 0 radical (unpaired) electrons. The Morgan fingerprint density at radius 2 is 2.12 bits per heavy atom. The Morgan fingerprint density at radius 3 is 2.75 bits per heavy atom. The number of halogens is 1. The van der Waals surface area contributed by atoms with E-state index in [-0.39, 0.29) is 17.9 Å². The second-order valence-electron chi connectivity index (χ2n) is 6.44. The smallest absolute Gasteiger partial charge is 0.277 e. The normalized spacial score (nSPS) is 11.7. The van der Waals surface area contributed by atoms with Gasteiger partial charge in [-0.2, -0.15) is 5.10 Å². The zero-order valence-electron chi connectivity index (χ0n) is 14.2. The van der Waals surface area contributed by atoms with Crippen LogP contribution in [0.4, 0.5) is 0 Å². The van der Waals surface area contributed by atoms with Gasteiger partial charge in [0.05, 0.1) is 6.21 Å². The van der Waals surface area contributed by atoms with Gasteiger partial charge in [-0.15, -0.1) is 11.3 Å². The Kier molecular flexibility index (Phi) is 6.18. The van der Waals surface area contributed by atoms with E-state index in [1.54, 1.807) is 17.6 Å². The molecule has 1 aromatic carbocycles. The summed E-state index contributed by atoms with van der Waals surface area (Å²) in [7, 11) is 0. The Balaban J connectivity index is 1.95. The molecule has 6 heteroatoms. The van der Waals surface area contributed by atoms with E-state index in [0.29, 0.717) is 5.75 Å². The molecule has 128 valence electrons. The molecule has 1 N–H and O–H groups in total. The monoisotopic (exact) mass is 408 g/mol. The van der Waals surface area contributed by atoms with E-state index in [9.17, 15) is 4.79 Å². The largest absolute Gasteiger partial charge is 0.483 e. The molecule has 0 spiro atoms. The summed E-state index contributed by atoms with van der Waals surface area (Å²) in [6.07, 6.45) is 1.65. The lowest BCUT2D eigenvalue weighted by Crippen LogP contribution is -2.25. The summed E-state index contributed by atoms with van der Waals surface area (Å²) >= 11 is 5.06. The maximum atomic E-state index is 11.9. The number of thiophene rings is 1. The number of rotatable bonds is 5. The lowest BCUT2D eigenvalue weighted by molar-refractivity contribution is -0.123. The molecule has 0 fully saturated rings. The van der Waals surface area contributed by atoms with Gasteiger partial charge in [0.1, 0.15) is 5.75 Å². The first-order valence-electron chi connectivity index (χ1n) is 7.56. The molecule has 0 saturated carbocycles. The van der Waals surface area contributed by atoms with E-state index >= 15 is 0 Å². The minimum atomic E-state index is -0.289. The summed E-state index contributed by atoms with van der Waals surface area (Å²) < 4.78 is 6.67. The second-order valence-corrected chi connectivity index (χ2v) is 8.30. The van der Waals surface area contributed by atoms with Gasteiger partial charge in [-0.25, -0.2) is 5.43 Å². The Morgan fingerprint density at radius 1 is 1.38 bits per heavy atom. The molecule has 4 nitrogen and oxygen atoms in total. The average molecular weight is 409 g/mol. The fourth-order valence-corrected chi connectivity index (χ4v) is 3.22. The third-order valence-corrected chi connectivity index (χ3v) is 4.83. The van der Waals surface area contributed by atoms with Crippen molar-refractivity contribution in [2.75, 3.05) is 6.61 Å². The van der Waals surface area contributed by atoms with Gasteiger partial charge in [-0.05, 0) is 47.5 Å². The zero-order chi connectivity index (χ0) is 17.7. The average Bonchev–Trinajstić information content (AvgIpc) is 2.90. The number of nitrogens with one attached hydrogen (secondary N) is 1. The maximum Gasteiger partial charge on any atom is 0.277 e. The van der Waals surface area contributed by atoms with Crippen LogP contribution in [0.25, 0.3) is 0 Å². The van der Waals surface area contributed by atoms with Gasteiger partial charge in [0.2, 0.25) is 0 Å². The van der Waals surface area contributed by atoms with Crippen LogP contribution < -0.4 is 10.2 Å². The first-order chi connectivity index (χ1) is 11.3. The van der Waals surface area contributed by atoms with Gasteiger partial charge < -0.3 is 4.74 Å². The highest BCUT2D eigenvalue weighted by Gasteiger charge is 2.19. The summed E-state index contributed by atoms with van der Waals surface area (Å²) in [4.78, 5) is 12.9. The lowest BCUT2D eigenvalue weighted by atomic mass is 9.86. The van der Waals surface area contributed by atoms with Crippen molar-refractivity contribution in [3.8, 4) is 5.75 Å². The van der Waals surface area contributed by atoms with Gasteiger partial charge in [0.15, 0.2) is 6.61 Å². The van der Waals surface area contributed by atoms with Crippen molar-refractivity contribution in [2.24, 2.45) is 5.10 Å². The lowest BCUT2D eigenvalue weighted by Gasteiger charge is -2.23. The van der Waals surface area contributed by atoms with Gasteiger partial charge in [-0.1, -0.05) is 36.7 Å². The first kappa shape index (κ1) is 18.7. The van der Waals surface area contributed by atoms with E-state index in [4.69, 9.17) is 4.74 Å². The fraction of sp³-hybridized carbons (Fsp3) is 0.333. The van der Waals surface area contributed by atoms with Gasteiger partial charge in [0, 0.05) is 14.9 Å². The number of ether oxygens (including phenoxy) is 1. The molecule has 0 atom stereocenters. The molecule has 24 heavy (non-hydrogen) atoms. The van der Waals surface area contributed by atoms with Crippen LogP contribution in [0.1, 0.15) is 36.8 Å². The standard InChI is InChI=1S/C18H21BrN2O2S/c1-12-7-8-24-16(12)10-20-21-17(22)11-23-15-6-5-13(19)9-14(15)18(2,3)4/h5-10H,11H2,1-4H3,(H,21,22)/b20-10+. The van der Waals surface area contributed by atoms with Crippen LogP contribution in [-0.4, -0.2) is 18.7 Å². The third-order valence-electron chi connectivity index (χ3n) is 3.38. The highest BCUT2D eigenvalue weighted by Crippen LogP contribution is 2.33. The summed E-state index contributed by atoms with van der Waals surface area (Å²) in [6.45, 7) is 8.25. The van der Waals surface area contributed by atoms with E-state index in [2.05, 4.69) is 47.2 Å². The molecule has 2 rings (SSSR count). The Bertz CT molecular complexity index is 748. The van der Waals surface area contributed by atoms with Crippen LogP contribution in [0.3, 0.4) is 0 Å².